The summed E-state index contributed by atoms with van der Waals surface area (Å²) in [7, 11) is 0. The second-order valence-electron chi connectivity index (χ2n) is 10.6. The first-order valence-electron chi connectivity index (χ1n) is 14.5. The lowest BCUT2D eigenvalue weighted by atomic mass is 10.1. The van der Waals surface area contributed by atoms with Gasteiger partial charge in [-0.05, 0) is 86.3 Å². The van der Waals surface area contributed by atoms with E-state index in [-0.39, 0.29) is 24.0 Å². The van der Waals surface area contributed by atoms with E-state index in [1.54, 1.807) is 48.5 Å². The zero-order valence-corrected chi connectivity index (χ0v) is 23.3. The summed E-state index contributed by atoms with van der Waals surface area (Å²) in [6, 6.07) is 25.4. The Balaban J connectivity index is 1.09. The number of hydrogen-bond acceptors (Lipinski definition) is 6. The Hall–Kier alpha value is -4.40. The van der Waals surface area contributed by atoms with Crippen molar-refractivity contribution in [3.8, 4) is 11.5 Å². The van der Waals surface area contributed by atoms with Crippen LogP contribution in [0.15, 0.2) is 84.9 Å². The van der Waals surface area contributed by atoms with Crippen molar-refractivity contribution in [3.63, 3.8) is 0 Å². The molecule has 0 aliphatic carbocycles. The second kappa shape index (κ2) is 13.1. The van der Waals surface area contributed by atoms with Gasteiger partial charge in [-0.3, -0.25) is 9.59 Å². The van der Waals surface area contributed by atoms with Gasteiger partial charge in [0.1, 0.15) is 24.7 Å². The molecule has 2 aliphatic rings. The summed E-state index contributed by atoms with van der Waals surface area (Å²) in [5, 5.41) is 7.66. The highest BCUT2D eigenvalue weighted by molar-refractivity contribution is 6.14. The molecule has 0 spiro atoms. The van der Waals surface area contributed by atoms with Crippen molar-refractivity contribution in [1.29, 1.82) is 0 Å². The average molecular weight is 567 g/mol. The predicted octanol–water partition coefficient (Wildman–Crippen LogP) is 6.46. The molecule has 216 valence electrons. The number of carbonyl (C=O) groups is 2. The Morgan fingerprint density at radius 2 is 1.05 bits per heavy atom. The van der Waals surface area contributed by atoms with Crippen LogP contribution in [0.4, 0.5) is 11.4 Å². The molecule has 2 N–H and O–H groups in total. The molecule has 2 saturated heterocycles. The molecule has 8 heteroatoms. The van der Waals surface area contributed by atoms with Crippen LogP contribution in [-0.2, 0) is 9.47 Å². The summed E-state index contributed by atoms with van der Waals surface area (Å²) in [6.45, 7) is 2.60. The molecule has 6 rings (SSSR count). The minimum Gasteiger partial charge on any atom is -0.491 e. The van der Waals surface area contributed by atoms with E-state index in [0.29, 0.717) is 47.2 Å². The number of carbonyl (C=O) groups excluding carboxylic acids is 2. The topological polar surface area (TPSA) is 95.1 Å². The molecule has 2 heterocycles. The Kier molecular flexibility index (Phi) is 8.63. The minimum atomic E-state index is -0.232. The van der Waals surface area contributed by atoms with Crippen LogP contribution >= 0.6 is 0 Å². The first-order chi connectivity index (χ1) is 20.6. The molecule has 2 aliphatic heterocycles. The first kappa shape index (κ1) is 27.8. The van der Waals surface area contributed by atoms with Gasteiger partial charge in [-0.2, -0.15) is 0 Å². The maximum Gasteiger partial charge on any atom is 0.255 e. The average Bonchev–Trinajstić information content (AvgIpc) is 3.75. The smallest absolute Gasteiger partial charge is 0.255 e. The van der Waals surface area contributed by atoms with E-state index in [9.17, 15) is 9.59 Å². The van der Waals surface area contributed by atoms with Crippen molar-refractivity contribution in [2.45, 2.75) is 37.9 Å². The Morgan fingerprint density at radius 1 is 0.619 bits per heavy atom. The van der Waals surface area contributed by atoms with E-state index >= 15 is 0 Å². The molecule has 2 amide bonds. The molecule has 0 saturated carbocycles. The molecular weight excluding hydrogens is 532 g/mol. The van der Waals surface area contributed by atoms with E-state index in [1.165, 1.54) is 0 Å². The summed E-state index contributed by atoms with van der Waals surface area (Å²) >= 11 is 0. The largest absolute Gasteiger partial charge is 0.491 e. The van der Waals surface area contributed by atoms with Crippen LogP contribution in [-0.4, -0.2) is 50.4 Å². The summed E-state index contributed by atoms with van der Waals surface area (Å²) in [5.74, 6) is 0.940. The maximum atomic E-state index is 13.1. The molecule has 2 unspecified atom stereocenters. The number of ether oxygens (including phenoxy) is 4. The van der Waals surface area contributed by atoms with E-state index in [0.717, 1.165) is 49.7 Å². The number of benzene rings is 4. The number of hydrogen-bond donors (Lipinski definition) is 2. The quantitative estimate of drug-likeness (QED) is 0.229. The standard InChI is InChI=1S/C34H34N2O6/c37-33(23-11-15-25(16-12-23)41-21-27-5-3-19-39-27)35-31-9-1-7-29-30(31)8-2-10-32(29)36-34(38)24-13-17-26(18-14-24)42-22-28-6-4-20-40-28/h1-2,7-18,27-28H,3-6,19-22H2,(H,35,37)(H,36,38). The van der Waals surface area contributed by atoms with Crippen LogP contribution < -0.4 is 20.1 Å². The number of nitrogens with one attached hydrogen (secondary N) is 2. The molecule has 2 fully saturated rings. The van der Waals surface area contributed by atoms with E-state index < -0.39 is 0 Å². The molecule has 0 radical (unpaired) electrons. The lowest BCUT2D eigenvalue weighted by molar-refractivity contribution is 0.0679. The second-order valence-corrected chi connectivity index (χ2v) is 10.6. The maximum absolute atomic E-state index is 13.1. The zero-order valence-electron chi connectivity index (χ0n) is 23.3. The van der Waals surface area contributed by atoms with E-state index in [2.05, 4.69) is 10.6 Å². The normalized spacial score (nSPS) is 18.1. The van der Waals surface area contributed by atoms with Gasteiger partial charge in [0, 0.05) is 46.5 Å². The van der Waals surface area contributed by atoms with Crippen molar-refractivity contribution in [2.24, 2.45) is 0 Å². The first-order valence-corrected chi connectivity index (χ1v) is 14.5. The fourth-order valence-corrected chi connectivity index (χ4v) is 5.25. The third-order valence-corrected chi connectivity index (χ3v) is 7.57. The molecule has 4 aromatic rings. The summed E-state index contributed by atoms with van der Waals surface area (Å²) < 4.78 is 22.8. The SMILES string of the molecule is O=C(Nc1cccc2c(NC(=O)c3ccc(OCC4CCCO4)cc3)cccc12)c1ccc(OCC2CCCO2)cc1. The fourth-order valence-electron chi connectivity index (χ4n) is 5.25. The van der Waals surface area contributed by atoms with Crippen molar-refractivity contribution < 1.29 is 28.5 Å². The van der Waals surface area contributed by atoms with Gasteiger partial charge < -0.3 is 29.6 Å². The highest BCUT2D eigenvalue weighted by Gasteiger charge is 2.18. The third-order valence-electron chi connectivity index (χ3n) is 7.57. The van der Waals surface area contributed by atoms with Gasteiger partial charge in [0.15, 0.2) is 0 Å². The van der Waals surface area contributed by atoms with Gasteiger partial charge in [-0.1, -0.05) is 24.3 Å². The third kappa shape index (κ3) is 6.73. The lowest BCUT2D eigenvalue weighted by Crippen LogP contribution is -2.16. The van der Waals surface area contributed by atoms with Crippen molar-refractivity contribution in [2.75, 3.05) is 37.1 Å². The van der Waals surface area contributed by atoms with Gasteiger partial charge in [0.2, 0.25) is 0 Å². The van der Waals surface area contributed by atoms with E-state index in [4.69, 9.17) is 18.9 Å². The zero-order chi connectivity index (χ0) is 28.7. The van der Waals surface area contributed by atoms with Gasteiger partial charge >= 0.3 is 0 Å². The van der Waals surface area contributed by atoms with Crippen LogP contribution in [0.5, 0.6) is 11.5 Å². The van der Waals surface area contributed by atoms with Crippen LogP contribution in [0.25, 0.3) is 10.8 Å². The summed E-state index contributed by atoms with van der Waals surface area (Å²) in [5.41, 5.74) is 2.34. The fraction of sp³-hybridized carbons (Fsp3) is 0.294. The van der Waals surface area contributed by atoms with Crippen LogP contribution in [0.3, 0.4) is 0 Å². The molecular formula is C34H34N2O6. The van der Waals surface area contributed by atoms with Crippen LogP contribution in [0.2, 0.25) is 0 Å². The number of fused-ring (bicyclic) bond motifs is 1. The molecule has 8 nitrogen and oxygen atoms in total. The molecule has 0 aromatic heterocycles. The van der Waals surface area contributed by atoms with Gasteiger partial charge in [-0.25, -0.2) is 0 Å². The van der Waals surface area contributed by atoms with Crippen molar-refractivity contribution >= 4 is 34.0 Å². The van der Waals surface area contributed by atoms with Gasteiger partial charge in [0.25, 0.3) is 11.8 Å². The lowest BCUT2D eigenvalue weighted by Gasteiger charge is -2.14. The predicted molar refractivity (Wildman–Crippen MR) is 162 cm³/mol. The van der Waals surface area contributed by atoms with E-state index in [1.807, 2.05) is 36.4 Å². The monoisotopic (exact) mass is 566 g/mol. The molecule has 0 bridgehead atoms. The summed E-state index contributed by atoms with van der Waals surface area (Å²) in [4.78, 5) is 26.1. The Bertz CT molecular complexity index is 1410. The Labute approximate surface area is 244 Å². The van der Waals surface area contributed by atoms with Crippen LogP contribution in [0.1, 0.15) is 46.4 Å². The minimum absolute atomic E-state index is 0.135. The Morgan fingerprint density at radius 3 is 1.43 bits per heavy atom. The van der Waals surface area contributed by atoms with Crippen molar-refractivity contribution in [1.82, 2.24) is 0 Å². The van der Waals surface area contributed by atoms with Gasteiger partial charge in [0.05, 0.1) is 12.2 Å². The number of amides is 2. The van der Waals surface area contributed by atoms with Crippen molar-refractivity contribution in [3.05, 3.63) is 96.1 Å². The molecule has 2 atom stereocenters. The van der Waals surface area contributed by atoms with Gasteiger partial charge in [-0.15, -0.1) is 0 Å². The molecule has 4 aromatic carbocycles. The summed E-state index contributed by atoms with van der Waals surface area (Å²) in [6.07, 6.45) is 4.42. The number of rotatable bonds is 10. The number of anilines is 2. The van der Waals surface area contributed by atoms with Crippen LogP contribution in [0, 0.1) is 0 Å². The highest BCUT2D eigenvalue weighted by Crippen LogP contribution is 2.30. The molecule has 42 heavy (non-hydrogen) atoms. The highest BCUT2D eigenvalue weighted by atomic mass is 16.5.